The Labute approximate surface area is 77.7 Å². The van der Waals surface area contributed by atoms with Gasteiger partial charge in [-0.2, -0.15) is 0 Å². The Kier molecular flexibility index (Phi) is 3.68. The van der Waals surface area contributed by atoms with Crippen molar-refractivity contribution in [1.29, 1.82) is 0 Å². The van der Waals surface area contributed by atoms with Crippen molar-refractivity contribution in [1.82, 2.24) is 0 Å². The molecule has 1 fully saturated rings. The SMILES string of the molecule is C#CCOC(=O)C[P]1(O)CCCO1. The van der Waals surface area contributed by atoms with Crippen LogP contribution < -0.4 is 0 Å². The summed E-state index contributed by atoms with van der Waals surface area (Å²) >= 11 is 0. The molecule has 1 atom stereocenters. The summed E-state index contributed by atoms with van der Waals surface area (Å²) in [5.74, 6) is 1.71. The molecule has 13 heavy (non-hydrogen) atoms. The van der Waals surface area contributed by atoms with E-state index in [1.54, 1.807) is 0 Å². The van der Waals surface area contributed by atoms with Gasteiger partial charge in [-0.25, -0.2) is 0 Å². The van der Waals surface area contributed by atoms with Crippen LogP contribution in [0.3, 0.4) is 0 Å². The molecule has 4 nitrogen and oxygen atoms in total. The van der Waals surface area contributed by atoms with Crippen LogP contribution in [0.25, 0.3) is 0 Å². The Hall–Kier alpha value is -0.620. The zero-order valence-corrected chi connectivity index (χ0v) is 8.13. The molecule has 1 unspecified atom stereocenters. The van der Waals surface area contributed by atoms with Crippen LogP contribution in [0.2, 0.25) is 0 Å². The lowest BCUT2D eigenvalue weighted by molar-refractivity contribution is -0.139. The Morgan fingerprint density at radius 2 is 2.54 bits per heavy atom. The maximum atomic E-state index is 11.0. The summed E-state index contributed by atoms with van der Waals surface area (Å²) in [6.07, 6.45) is 6.27. The van der Waals surface area contributed by atoms with E-state index in [0.29, 0.717) is 12.8 Å². The first-order chi connectivity index (χ1) is 6.16. The average molecular weight is 203 g/mol. The van der Waals surface area contributed by atoms with Crippen molar-refractivity contribution in [2.45, 2.75) is 6.42 Å². The molecular weight excluding hydrogens is 191 g/mol. The zero-order chi connectivity index (χ0) is 9.73. The van der Waals surface area contributed by atoms with Gasteiger partial charge in [-0.15, -0.1) is 6.42 Å². The van der Waals surface area contributed by atoms with E-state index >= 15 is 0 Å². The average Bonchev–Trinajstić information content (AvgIpc) is 2.48. The minimum Gasteiger partial charge on any atom is -0.452 e. The highest BCUT2D eigenvalue weighted by Crippen LogP contribution is 2.59. The molecule has 0 aliphatic carbocycles. The number of rotatable bonds is 3. The summed E-state index contributed by atoms with van der Waals surface area (Å²) in [4.78, 5) is 20.7. The van der Waals surface area contributed by atoms with Gasteiger partial charge in [0.15, 0.2) is 6.61 Å². The third-order valence-corrected chi connectivity index (χ3v) is 4.11. The van der Waals surface area contributed by atoms with Gasteiger partial charge >= 0.3 is 5.97 Å². The van der Waals surface area contributed by atoms with Gasteiger partial charge in [-0.05, 0) is 6.42 Å². The largest absolute Gasteiger partial charge is 0.452 e. The van der Waals surface area contributed by atoms with Crippen LogP contribution in [0.4, 0.5) is 0 Å². The molecule has 0 aromatic carbocycles. The van der Waals surface area contributed by atoms with Crippen LogP contribution in [0.1, 0.15) is 6.42 Å². The fourth-order valence-corrected chi connectivity index (χ4v) is 3.07. The van der Waals surface area contributed by atoms with E-state index in [-0.39, 0.29) is 12.8 Å². The van der Waals surface area contributed by atoms with E-state index in [0.717, 1.165) is 6.42 Å². The Morgan fingerprint density at radius 1 is 1.77 bits per heavy atom. The van der Waals surface area contributed by atoms with Crippen molar-refractivity contribution in [3.05, 3.63) is 0 Å². The van der Waals surface area contributed by atoms with Crippen molar-refractivity contribution < 1.29 is 18.9 Å². The van der Waals surface area contributed by atoms with Crippen molar-refractivity contribution in [2.75, 3.05) is 25.5 Å². The van der Waals surface area contributed by atoms with E-state index < -0.39 is 13.7 Å². The van der Waals surface area contributed by atoms with Crippen LogP contribution in [0, 0.1) is 12.3 Å². The lowest BCUT2D eigenvalue weighted by Crippen LogP contribution is -2.14. The van der Waals surface area contributed by atoms with Crippen molar-refractivity contribution in [3.63, 3.8) is 0 Å². The minimum absolute atomic E-state index is 0.0331. The van der Waals surface area contributed by atoms with Crippen LogP contribution in [0.5, 0.6) is 0 Å². The summed E-state index contributed by atoms with van der Waals surface area (Å²) in [6.45, 7) is 0.492. The minimum atomic E-state index is -2.46. The van der Waals surface area contributed by atoms with Gasteiger partial charge < -0.3 is 14.2 Å². The lowest BCUT2D eigenvalue weighted by atomic mass is 10.5. The molecule has 5 heteroatoms. The highest BCUT2D eigenvalue weighted by atomic mass is 31.2. The fourth-order valence-electron chi connectivity index (χ4n) is 1.10. The lowest BCUT2D eigenvalue weighted by Gasteiger charge is -2.21. The van der Waals surface area contributed by atoms with Gasteiger partial charge in [0.2, 0.25) is 0 Å². The molecule has 0 spiro atoms. The normalized spacial score (nSPS) is 26.8. The number of carbonyl (C=O) groups excluding carboxylic acids is 1. The summed E-state index contributed by atoms with van der Waals surface area (Å²) in [5, 5.41) is 0. The molecule has 0 bridgehead atoms. The number of hydrogen-bond acceptors (Lipinski definition) is 4. The van der Waals surface area contributed by atoms with Gasteiger partial charge in [0, 0.05) is 6.16 Å². The van der Waals surface area contributed by atoms with E-state index in [2.05, 4.69) is 10.7 Å². The van der Waals surface area contributed by atoms with E-state index in [1.807, 2.05) is 0 Å². The number of hydrogen-bond donors (Lipinski definition) is 1. The topological polar surface area (TPSA) is 55.8 Å². The molecule has 1 saturated heterocycles. The van der Waals surface area contributed by atoms with E-state index in [1.165, 1.54) is 0 Å². The molecule has 0 amide bonds. The number of terminal acetylenes is 1. The first-order valence-corrected chi connectivity index (χ1v) is 6.03. The summed E-state index contributed by atoms with van der Waals surface area (Å²) in [7, 11) is -2.46. The second-order valence-electron chi connectivity index (χ2n) is 2.78. The van der Waals surface area contributed by atoms with E-state index in [9.17, 15) is 9.69 Å². The van der Waals surface area contributed by atoms with Crippen LogP contribution in [-0.2, 0) is 14.1 Å². The molecule has 1 heterocycles. The zero-order valence-electron chi connectivity index (χ0n) is 7.23. The highest BCUT2D eigenvalue weighted by Gasteiger charge is 2.33. The highest BCUT2D eigenvalue weighted by molar-refractivity contribution is 7.66. The summed E-state index contributed by atoms with van der Waals surface area (Å²) < 4.78 is 9.74. The van der Waals surface area contributed by atoms with Crippen LogP contribution in [0.15, 0.2) is 0 Å². The predicted octanol–water partition coefficient (Wildman–Crippen LogP) is 0.423. The third kappa shape index (κ3) is 3.31. The summed E-state index contributed by atoms with van der Waals surface area (Å²) in [5.41, 5.74) is 0. The van der Waals surface area contributed by atoms with Crippen molar-refractivity contribution in [2.24, 2.45) is 0 Å². The van der Waals surface area contributed by atoms with Crippen molar-refractivity contribution in [3.8, 4) is 12.3 Å². The van der Waals surface area contributed by atoms with Gasteiger partial charge in [-0.3, -0.25) is 4.79 Å². The number of ether oxygens (including phenoxy) is 1. The first-order valence-electron chi connectivity index (χ1n) is 4.00. The molecule has 1 N–H and O–H groups in total. The smallest absolute Gasteiger partial charge is 0.315 e. The quantitative estimate of drug-likeness (QED) is 0.410. The van der Waals surface area contributed by atoms with Gasteiger partial charge in [0.25, 0.3) is 0 Å². The molecule has 73 valence electrons. The van der Waals surface area contributed by atoms with Gasteiger partial charge in [0.05, 0.1) is 6.61 Å². The second kappa shape index (κ2) is 4.57. The molecule has 1 aliphatic heterocycles. The van der Waals surface area contributed by atoms with Gasteiger partial charge in [0.1, 0.15) is 13.9 Å². The molecule has 1 radical (unpaired) electrons. The van der Waals surface area contributed by atoms with Crippen molar-refractivity contribution >= 4 is 13.7 Å². The Bertz CT molecular complexity index is 227. The fraction of sp³-hybridized carbons (Fsp3) is 0.625. The maximum Gasteiger partial charge on any atom is 0.315 e. The standard InChI is InChI=1S/C8H12O4P/c1-2-4-11-8(9)7-13(10)6-3-5-12-13/h1,10H,3-7H2. The number of carbonyl (C=O) groups is 1. The monoisotopic (exact) mass is 203 g/mol. The first kappa shape index (κ1) is 10.5. The maximum absolute atomic E-state index is 11.0. The molecule has 1 aliphatic rings. The molecule has 1 rings (SSSR count). The number of esters is 1. The Balaban J connectivity index is 2.31. The summed E-state index contributed by atoms with van der Waals surface area (Å²) in [6, 6.07) is 0. The Morgan fingerprint density at radius 3 is 3.08 bits per heavy atom. The molecule has 0 aromatic rings. The molecule has 0 saturated carbocycles. The van der Waals surface area contributed by atoms with Gasteiger partial charge in [-0.1, -0.05) is 5.92 Å². The third-order valence-electron chi connectivity index (χ3n) is 1.68. The predicted molar refractivity (Wildman–Crippen MR) is 49.2 cm³/mol. The molecule has 0 aromatic heterocycles. The van der Waals surface area contributed by atoms with Crippen LogP contribution in [-0.4, -0.2) is 36.4 Å². The van der Waals surface area contributed by atoms with E-state index in [4.69, 9.17) is 10.9 Å². The van der Waals surface area contributed by atoms with Crippen LogP contribution >= 0.6 is 7.72 Å². The second-order valence-corrected chi connectivity index (χ2v) is 5.49. The molecular formula is C8H12O4P.